The molecule has 0 radical (unpaired) electrons. The third kappa shape index (κ3) is 5.40. The summed E-state index contributed by atoms with van der Waals surface area (Å²) in [6, 6.07) is 66.8. The summed E-state index contributed by atoms with van der Waals surface area (Å²) in [7, 11) is -2.77. The van der Waals surface area contributed by atoms with Crippen molar-refractivity contribution >= 4 is 66.6 Å². The van der Waals surface area contributed by atoms with E-state index >= 15 is 0 Å². The number of benzene rings is 7. The van der Waals surface area contributed by atoms with E-state index in [1.54, 1.807) is 0 Å². The number of fused-ring (bicyclic) bond motifs is 3. The number of para-hydroxylation sites is 1. The van der Waals surface area contributed by atoms with Gasteiger partial charge >= 0.3 is 0 Å². The molecule has 0 aliphatic heterocycles. The number of rotatable bonds is 7. The van der Waals surface area contributed by atoms with Gasteiger partial charge in [-0.1, -0.05) is 180 Å². The van der Waals surface area contributed by atoms with Gasteiger partial charge in [-0.25, -0.2) is 4.98 Å². The standard InChI is InChI=1S/C45H31BrN4Si/c46-34-28-29-42-40(31-34)39-26-13-14-27-41(39)50(42)45-48-43(32-16-5-1-6-17-32)47-44(49-45)33-18-15-25-38(30-33)51(35-19-7-2-8-20-35,36-21-9-3-10-22-36)37-23-11-4-12-24-37/h1-31H/q-1. The number of halogens is 1. The van der Waals surface area contributed by atoms with Crippen LogP contribution in [0.3, 0.4) is 0 Å². The Morgan fingerprint density at radius 1 is 0.392 bits per heavy atom. The minimum Gasteiger partial charge on any atom is -0.278 e. The Kier molecular flexibility index (Phi) is 7.95. The Morgan fingerprint density at radius 3 is 1.51 bits per heavy atom. The van der Waals surface area contributed by atoms with Gasteiger partial charge in [0.2, 0.25) is 5.95 Å². The van der Waals surface area contributed by atoms with Crippen molar-refractivity contribution in [3.8, 4) is 28.7 Å². The van der Waals surface area contributed by atoms with Gasteiger partial charge in [0.1, 0.15) is 0 Å². The Morgan fingerprint density at radius 2 is 0.882 bits per heavy atom. The molecule has 0 bridgehead atoms. The molecule has 4 nitrogen and oxygen atoms in total. The Labute approximate surface area is 305 Å². The topological polar surface area (TPSA) is 43.6 Å². The summed E-state index contributed by atoms with van der Waals surface area (Å²) < 4.78 is 3.19. The predicted molar refractivity (Wildman–Crippen MR) is 216 cm³/mol. The smallest absolute Gasteiger partial charge is 0.238 e. The lowest BCUT2D eigenvalue weighted by molar-refractivity contribution is 0.953. The fourth-order valence-corrected chi connectivity index (χ4v) is 12.6. The molecule has 0 saturated carbocycles. The highest BCUT2D eigenvalue weighted by molar-refractivity contribution is 9.10. The van der Waals surface area contributed by atoms with Crippen LogP contribution in [0.25, 0.3) is 50.5 Å². The minimum atomic E-state index is -2.77. The summed E-state index contributed by atoms with van der Waals surface area (Å²) in [4.78, 5) is 15.6. The number of hydrogen-bond acceptors (Lipinski definition) is 3. The maximum atomic E-state index is 5.28. The Bertz CT molecular complexity index is 2550. The van der Waals surface area contributed by atoms with Crippen LogP contribution in [0.2, 0.25) is 0 Å². The first kappa shape index (κ1) is 31.1. The van der Waals surface area contributed by atoms with Gasteiger partial charge in [-0.3, -0.25) is 4.57 Å². The first-order valence-electron chi connectivity index (χ1n) is 17.0. The van der Waals surface area contributed by atoms with Gasteiger partial charge < -0.3 is 0 Å². The van der Waals surface area contributed by atoms with Crippen molar-refractivity contribution in [2.24, 2.45) is 0 Å². The van der Waals surface area contributed by atoms with E-state index in [1.165, 1.54) is 20.7 Å². The van der Waals surface area contributed by atoms with E-state index in [0.29, 0.717) is 17.6 Å². The van der Waals surface area contributed by atoms with Crippen molar-refractivity contribution in [3.05, 3.63) is 193 Å². The van der Waals surface area contributed by atoms with Gasteiger partial charge in [-0.15, -0.1) is 0 Å². The molecule has 0 atom stereocenters. The third-order valence-corrected chi connectivity index (χ3v) is 14.9. The summed E-state index contributed by atoms with van der Waals surface area (Å²) in [5.74, 6) is 1.83. The average molecular weight is 736 g/mol. The molecule has 0 saturated heterocycles. The van der Waals surface area contributed by atoms with Crippen LogP contribution >= 0.6 is 15.9 Å². The zero-order valence-corrected chi connectivity index (χ0v) is 30.2. The molecule has 0 amide bonds. The van der Waals surface area contributed by atoms with Crippen LogP contribution in [-0.2, 0) is 0 Å². The van der Waals surface area contributed by atoms with Crippen LogP contribution in [0.5, 0.6) is 0 Å². The molecule has 2 heterocycles. The van der Waals surface area contributed by atoms with Crippen molar-refractivity contribution in [2.45, 2.75) is 0 Å². The molecule has 0 aliphatic carbocycles. The lowest BCUT2D eigenvalue weighted by atomic mass is 10.2. The second-order valence-corrected chi connectivity index (χ2v) is 17.3. The molecule has 6 heteroatoms. The van der Waals surface area contributed by atoms with Crippen LogP contribution in [-0.4, -0.2) is 27.6 Å². The quantitative estimate of drug-likeness (QED) is 0.122. The van der Waals surface area contributed by atoms with Crippen molar-refractivity contribution in [3.63, 3.8) is 0 Å². The van der Waals surface area contributed by atoms with Gasteiger partial charge in [0.05, 0.1) is 11.0 Å². The second kappa shape index (κ2) is 13.1. The maximum absolute atomic E-state index is 5.28. The minimum absolute atomic E-state index is 0.579. The molecule has 243 valence electrons. The summed E-state index contributed by atoms with van der Waals surface area (Å²) in [6.45, 7) is 0. The molecule has 0 fully saturated rings. The van der Waals surface area contributed by atoms with E-state index in [0.717, 1.165) is 37.4 Å². The number of nitrogens with zero attached hydrogens (tertiary/aromatic N) is 4. The number of aromatic nitrogens is 4. The van der Waals surface area contributed by atoms with Gasteiger partial charge in [0.25, 0.3) is 0 Å². The summed E-state index contributed by atoms with van der Waals surface area (Å²) >= 11 is 3.69. The van der Waals surface area contributed by atoms with E-state index < -0.39 is 8.07 Å². The molecule has 7 aromatic carbocycles. The zero-order chi connectivity index (χ0) is 34.2. The molecule has 51 heavy (non-hydrogen) atoms. The molecule has 0 aliphatic rings. The molecule has 9 rings (SSSR count). The largest absolute Gasteiger partial charge is 0.278 e. The van der Waals surface area contributed by atoms with Gasteiger partial charge in [0.15, 0.2) is 11.6 Å². The highest BCUT2D eigenvalue weighted by Crippen LogP contribution is 2.34. The van der Waals surface area contributed by atoms with Crippen LogP contribution in [0, 0.1) is 0 Å². The van der Waals surface area contributed by atoms with Gasteiger partial charge in [0, 0.05) is 26.4 Å². The first-order valence-corrected chi connectivity index (χ1v) is 19.8. The fraction of sp³-hybridized carbons (Fsp3) is 0. The second-order valence-electron chi connectivity index (χ2n) is 12.6. The SMILES string of the molecule is Brc1ccc2c(c1)c1ccccc1n2-c1nc(-c2ccccc2)nc(-c2cccc([Si-](c3ccccc3)(c3ccccc3)c3ccccc3)c2)n1. The Hall–Kier alpha value is -5.95. The summed E-state index contributed by atoms with van der Waals surface area (Å²) in [5, 5.41) is 7.48. The van der Waals surface area contributed by atoms with Crippen LogP contribution in [0.15, 0.2) is 193 Å². The highest BCUT2D eigenvalue weighted by Gasteiger charge is 2.28. The van der Waals surface area contributed by atoms with Crippen LogP contribution < -0.4 is 20.7 Å². The molecule has 0 unspecified atom stereocenters. The predicted octanol–water partition coefficient (Wildman–Crippen LogP) is 8.44. The zero-order valence-electron chi connectivity index (χ0n) is 27.6. The monoisotopic (exact) mass is 734 g/mol. The maximum Gasteiger partial charge on any atom is 0.238 e. The van der Waals surface area contributed by atoms with E-state index in [2.05, 4.69) is 190 Å². The van der Waals surface area contributed by atoms with Gasteiger partial charge in [-0.2, -0.15) is 30.7 Å². The molecule has 9 aromatic rings. The fourth-order valence-electron chi connectivity index (χ4n) is 7.43. The molecule has 0 spiro atoms. The lowest BCUT2D eigenvalue weighted by Gasteiger charge is -2.47. The van der Waals surface area contributed by atoms with E-state index in [-0.39, 0.29) is 0 Å². The van der Waals surface area contributed by atoms with Crippen LogP contribution in [0.4, 0.5) is 0 Å². The van der Waals surface area contributed by atoms with Crippen LogP contribution in [0.1, 0.15) is 0 Å². The molecular weight excluding hydrogens is 705 g/mol. The molecule has 2 aromatic heterocycles. The van der Waals surface area contributed by atoms with Crippen molar-refractivity contribution < 1.29 is 0 Å². The number of hydrogen-bond donors (Lipinski definition) is 0. The molecule has 0 N–H and O–H groups in total. The lowest BCUT2D eigenvalue weighted by Crippen LogP contribution is -2.74. The van der Waals surface area contributed by atoms with E-state index in [9.17, 15) is 0 Å². The van der Waals surface area contributed by atoms with Gasteiger partial charge in [-0.05, 0) is 32.3 Å². The first-order chi connectivity index (χ1) is 25.2. The summed E-state index contributed by atoms with van der Waals surface area (Å²) in [5.41, 5.74) is 3.95. The van der Waals surface area contributed by atoms with Crippen molar-refractivity contribution in [2.75, 3.05) is 0 Å². The average Bonchev–Trinajstić information content (AvgIpc) is 3.53. The third-order valence-electron chi connectivity index (χ3n) is 9.66. The molecular formula is C45H31BrN4Si-. The van der Waals surface area contributed by atoms with Crippen molar-refractivity contribution in [1.82, 2.24) is 19.5 Å². The van der Waals surface area contributed by atoms with E-state index in [1.807, 2.05) is 18.2 Å². The highest BCUT2D eigenvalue weighted by atomic mass is 79.9. The Balaban J connectivity index is 1.32. The normalized spacial score (nSPS) is 11.6. The van der Waals surface area contributed by atoms with Crippen molar-refractivity contribution in [1.29, 1.82) is 0 Å². The van der Waals surface area contributed by atoms with E-state index in [4.69, 9.17) is 15.0 Å². The summed E-state index contributed by atoms with van der Waals surface area (Å²) in [6.07, 6.45) is 0.